The van der Waals surface area contributed by atoms with Crippen molar-refractivity contribution in [1.82, 2.24) is 5.32 Å². The summed E-state index contributed by atoms with van der Waals surface area (Å²) in [7, 11) is 0. The van der Waals surface area contributed by atoms with E-state index in [1.165, 1.54) is 5.56 Å². The van der Waals surface area contributed by atoms with E-state index in [0.29, 0.717) is 11.6 Å². The van der Waals surface area contributed by atoms with Gasteiger partial charge in [-0.3, -0.25) is 0 Å². The number of benzene rings is 2. The first kappa shape index (κ1) is 17.6. The Morgan fingerprint density at radius 2 is 1.65 bits per heavy atom. The Morgan fingerprint density at radius 3 is 2.39 bits per heavy atom. The third kappa shape index (κ3) is 4.38. The minimum Gasteiger partial charge on any atom is -0.460 e. The molecule has 23 heavy (non-hydrogen) atoms. The highest BCUT2D eigenvalue weighted by Gasteiger charge is 2.09. The molecular weight excluding hydrogens is 329 g/mol. The second-order valence-electron chi connectivity index (χ2n) is 5.26. The molecule has 1 heterocycles. The van der Waals surface area contributed by atoms with Crippen molar-refractivity contribution in [3.05, 3.63) is 83.1 Å². The standard InChI is InChI=1S/C19H18ClNO.ClH/c1-14(15-7-3-2-4-8-15)21-13-16-11-12-19(22-16)17-9-5-6-10-18(17)20;/h2-12,14,21H,13H2,1H3;1H. The van der Waals surface area contributed by atoms with E-state index in [9.17, 15) is 0 Å². The minimum atomic E-state index is 0. The molecule has 0 bridgehead atoms. The van der Waals surface area contributed by atoms with Crippen molar-refractivity contribution in [1.29, 1.82) is 0 Å². The van der Waals surface area contributed by atoms with Gasteiger partial charge in [-0.05, 0) is 36.8 Å². The Morgan fingerprint density at radius 1 is 0.957 bits per heavy atom. The molecule has 4 heteroatoms. The van der Waals surface area contributed by atoms with Crippen molar-refractivity contribution >= 4 is 24.0 Å². The average Bonchev–Trinajstić information content (AvgIpc) is 3.02. The summed E-state index contributed by atoms with van der Waals surface area (Å²) in [5.41, 5.74) is 2.19. The van der Waals surface area contributed by atoms with Crippen LogP contribution in [0.4, 0.5) is 0 Å². The molecule has 0 aliphatic heterocycles. The fourth-order valence-corrected chi connectivity index (χ4v) is 2.62. The van der Waals surface area contributed by atoms with E-state index in [0.717, 1.165) is 17.1 Å². The first-order valence-electron chi connectivity index (χ1n) is 7.36. The number of furan rings is 1. The van der Waals surface area contributed by atoms with Crippen LogP contribution in [-0.2, 0) is 6.54 Å². The molecule has 0 saturated heterocycles. The highest BCUT2D eigenvalue weighted by molar-refractivity contribution is 6.33. The summed E-state index contributed by atoms with van der Waals surface area (Å²) in [6.45, 7) is 2.83. The molecule has 0 spiro atoms. The van der Waals surface area contributed by atoms with Crippen LogP contribution < -0.4 is 5.32 Å². The van der Waals surface area contributed by atoms with Crippen LogP contribution in [0.3, 0.4) is 0 Å². The van der Waals surface area contributed by atoms with Crippen molar-refractivity contribution in [2.45, 2.75) is 19.5 Å². The van der Waals surface area contributed by atoms with Crippen molar-refractivity contribution in [2.75, 3.05) is 0 Å². The summed E-state index contributed by atoms with van der Waals surface area (Å²) < 4.78 is 5.89. The van der Waals surface area contributed by atoms with Crippen LogP contribution in [0.25, 0.3) is 11.3 Å². The molecule has 1 aromatic heterocycles. The van der Waals surface area contributed by atoms with E-state index in [-0.39, 0.29) is 18.4 Å². The van der Waals surface area contributed by atoms with Gasteiger partial charge in [-0.15, -0.1) is 12.4 Å². The van der Waals surface area contributed by atoms with Gasteiger partial charge in [0.05, 0.1) is 11.6 Å². The number of hydrogen-bond acceptors (Lipinski definition) is 2. The van der Waals surface area contributed by atoms with Gasteiger partial charge < -0.3 is 9.73 Å². The van der Waals surface area contributed by atoms with Crippen LogP contribution >= 0.6 is 24.0 Å². The van der Waals surface area contributed by atoms with Gasteiger partial charge in [0, 0.05) is 11.6 Å². The van der Waals surface area contributed by atoms with Crippen LogP contribution in [-0.4, -0.2) is 0 Å². The zero-order valence-electron chi connectivity index (χ0n) is 12.8. The average molecular weight is 348 g/mol. The second-order valence-corrected chi connectivity index (χ2v) is 5.67. The summed E-state index contributed by atoms with van der Waals surface area (Å²) in [5.74, 6) is 1.70. The predicted octanol–water partition coefficient (Wildman–Crippen LogP) is 5.87. The molecule has 2 aromatic carbocycles. The zero-order valence-corrected chi connectivity index (χ0v) is 14.4. The summed E-state index contributed by atoms with van der Waals surface area (Å²) in [4.78, 5) is 0. The first-order chi connectivity index (χ1) is 10.7. The lowest BCUT2D eigenvalue weighted by Crippen LogP contribution is -2.17. The molecular formula is C19H19Cl2NO. The molecule has 0 fully saturated rings. The van der Waals surface area contributed by atoms with Gasteiger partial charge in [0.1, 0.15) is 11.5 Å². The van der Waals surface area contributed by atoms with Crippen LogP contribution in [0.2, 0.25) is 5.02 Å². The van der Waals surface area contributed by atoms with Crippen LogP contribution in [0.1, 0.15) is 24.3 Å². The molecule has 1 atom stereocenters. The molecule has 3 rings (SSSR count). The maximum atomic E-state index is 6.20. The molecule has 0 radical (unpaired) electrons. The first-order valence-corrected chi connectivity index (χ1v) is 7.74. The summed E-state index contributed by atoms with van der Waals surface area (Å²) in [6.07, 6.45) is 0. The third-order valence-corrected chi connectivity index (χ3v) is 4.01. The van der Waals surface area contributed by atoms with E-state index in [1.54, 1.807) is 0 Å². The molecule has 3 aromatic rings. The lowest BCUT2D eigenvalue weighted by Gasteiger charge is -2.12. The normalized spacial score (nSPS) is 11.7. The molecule has 120 valence electrons. The Labute approximate surface area is 147 Å². The molecule has 2 nitrogen and oxygen atoms in total. The second kappa shape index (κ2) is 8.21. The molecule has 1 unspecified atom stereocenters. The monoisotopic (exact) mass is 347 g/mol. The Hall–Kier alpha value is -1.74. The number of halogens is 2. The Kier molecular flexibility index (Phi) is 6.28. The van der Waals surface area contributed by atoms with Crippen LogP contribution in [0, 0.1) is 0 Å². The maximum absolute atomic E-state index is 6.20. The SMILES string of the molecule is CC(NCc1ccc(-c2ccccc2Cl)o1)c1ccccc1.Cl. The summed E-state index contributed by atoms with van der Waals surface area (Å²) in [6, 6.07) is 22.3. The zero-order chi connectivity index (χ0) is 15.4. The predicted molar refractivity (Wildman–Crippen MR) is 98.1 cm³/mol. The van der Waals surface area contributed by atoms with E-state index < -0.39 is 0 Å². The summed E-state index contributed by atoms with van der Waals surface area (Å²) >= 11 is 6.20. The van der Waals surface area contributed by atoms with Crippen LogP contribution in [0.5, 0.6) is 0 Å². The van der Waals surface area contributed by atoms with Gasteiger partial charge in [0.15, 0.2) is 0 Å². The fraction of sp³-hybridized carbons (Fsp3) is 0.158. The van der Waals surface area contributed by atoms with Crippen molar-refractivity contribution < 1.29 is 4.42 Å². The molecule has 1 N–H and O–H groups in total. The number of hydrogen-bond donors (Lipinski definition) is 1. The van der Waals surface area contributed by atoms with Gasteiger partial charge in [-0.1, -0.05) is 54.1 Å². The van der Waals surface area contributed by atoms with Crippen molar-refractivity contribution in [3.63, 3.8) is 0 Å². The van der Waals surface area contributed by atoms with Gasteiger partial charge >= 0.3 is 0 Å². The lowest BCUT2D eigenvalue weighted by molar-refractivity contribution is 0.468. The van der Waals surface area contributed by atoms with E-state index in [2.05, 4.69) is 36.5 Å². The maximum Gasteiger partial charge on any atom is 0.135 e. The van der Waals surface area contributed by atoms with E-state index in [4.69, 9.17) is 16.0 Å². The topological polar surface area (TPSA) is 25.2 Å². The number of nitrogens with one attached hydrogen (secondary N) is 1. The highest BCUT2D eigenvalue weighted by Crippen LogP contribution is 2.29. The smallest absolute Gasteiger partial charge is 0.135 e. The van der Waals surface area contributed by atoms with Crippen LogP contribution in [0.15, 0.2) is 71.1 Å². The molecule has 0 saturated carbocycles. The Balaban J connectivity index is 0.00000192. The summed E-state index contributed by atoms with van der Waals surface area (Å²) in [5, 5.41) is 4.17. The van der Waals surface area contributed by atoms with E-state index in [1.807, 2.05) is 42.5 Å². The van der Waals surface area contributed by atoms with Crippen molar-refractivity contribution in [2.24, 2.45) is 0 Å². The van der Waals surface area contributed by atoms with Gasteiger partial charge in [0.2, 0.25) is 0 Å². The third-order valence-electron chi connectivity index (χ3n) is 3.68. The number of rotatable bonds is 5. The fourth-order valence-electron chi connectivity index (χ4n) is 2.39. The molecule has 0 aliphatic carbocycles. The molecule has 0 amide bonds. The van der Waals surface area contributed by atoms with Gasteiger partial charge in [-0.25, -0.2) is 0 Å². The van der Waals surface area contributed by atoms with Gasteiger partial charge in [-0.2, -0.15) is 0 Å². The highest BCUT2D eigenvalue weighted by atomic mass is 35.5. The lowest BCUT2D eigenvalue weighted by atomic mass is 10.1. The largest absolute Gasteiger partial charge is 0.460 e. The molecule has 0 aliphatic rings. The Bertz CT molecular complexity index is 740. The quantitative estimate of drug-likeness (QED) is 0.623. The minimum absolute atomic E-state index is 0. The van der Waals surface area contributed by atoms with Crippen molar-refractivity contribution in [3.8, 4) is 11.3 Å². The van der Waals surface area contributed by atoms with E-state index >= 15 is 0 Å². The van der Waals surface area contributed by atoms with Gasteiger partial charge in [0.25, 0.3) is 0 Å².